The van der Waals surface area contributed by atoms with Crippen molar-refractivity contribution in [1.82, 2.24) is 9.55 Å². The van der Waals surface area contributed by atoms with Crippen molar-refractivity contribution >= 4 is 38.1 Å². The van der Waals surface area contributed by atoms with Gasteiger partial charge in [0.1, 0.15) is 4.83 Å². The molecule has 0 bridgehead atoms. The number of fused-ring (bicyclic) bond motifs is 2. The Bertz CT molecular complexity index is 1450. The molecule has 146 valence electrons. The van der Waals surface area contributed by atoms with Gasteiger partial charge in [0.15, 0.2) is 5.78 Å². The molecule has 0 fully saturated rings. The average Bonchev–Trinajstić information content (AvgIpc) is 3.24. The van der Waals surface area contributed by atoms with Gasteiger partial charge in [0.2, 0.25) is 0 Å². The van der Waals surface area contributed by atoms with E-state index in [1.165, 1.54) is 22.2 Å². The fraction of sp³-hybridized carbons (Fsp3) is 0.0800. The molecule has 0 aliphatic heterocycles. The molecule has 0 amide bonds. The molecule has 0 saturated carbocycles. The molecule has 4 nitrogen and oxygen atoms in total. The van der Waals surface area contributed by atoms with E-state index in [1.807, 2.05) is 41.8 Å². The summed E-state index contributed by atoms with van der Waals surface area (Å²) in [6, 6.07) is 22.7. The highest BCUT2D eigenvalue weighted by Gasteiger charge is 2.21. The summed E-state index contributed by atoms with van der Waals surface area (Å²) in [5.41, 5.74) is 2.21. The number of aromatic nitrogens is 2. The molecule has 0 spiro atoms. The number of Topliss-reactive ketones (excluding diaryl/α,β-unsaturated/α-hetero) is 1. The van der Waals surface area contributed by atoms with Gasteiger partial charge in [-0.3, -0.25) is 14.2 Å². The third-order valence-electron chi connectivity index (χ3n) is 5.43. The molecule has 0 saturated heterocycles. The monoisotopic (exact) mass is 410 g/mol. The Balaban J connectivity index is 1.64. The van der Waals surface area contributed by atoms with Gasteiger partial charge in [-0.25, -0.2) is 4.98 Å². The zero-order chi connectivity index (χ0) is 20.7. The van der Waals surface area contributed by atoms with Crippen molar-refractivity contribution in [2.75, 3.05) is 0 Å². The maximum absolute atomic E-state index is 13.4. The minimum Gasteiger partial charge on any atom is -0.292 e. The van der Waals surface area contributed by atoms with Gasteiger partial charge in [0.05, 0.1) is 17.8 Å². The third kappa shape index (κ3) is 3.04. The highest BCUT2D eigenvalue weighted by Crippen LogP contribution is 2.32. The lowest BCUT2D eigenvalue weighted by Gasteiger charge is -2.14. The van der Waals surface area contributed by atoms with Crippen LogP contribution in [0.4, 0.5) is 0 Å². The molecular weight excluding hydrogens is 392 g/mol. The molecule has 2 aromatic heterocycles. The molecule has 30 heavy (non-hydrogen) atoms. The van der Waals surface area contributed by atoms with Gasteiger partial charge in [0, 0.05) is 16.5 Å². The fourth-order valence-corrected chi connectivity index (χ4v) is 4.67. The number of hydrogen-bond donors (Lipinski definition) is 0. The minimum absolute atomic E-state index is 0.110. The highest BCUT2D eigenvalue weighted by atomic mass is 32.1. The SMILES string of the molecule is CC(C(=O)c1ccccc1)n1cnc2scc(-c3ccc4ccccc4c3)c2c1=O. The van der Waals surface area contributed by atoms with Gasteiger partial charge < -0.3 is 0 Å². The molecule has 5 heteroatoms. The van der Waals surface area contributed by atoms with Crippen LogP contribution in [0.5, 0.6) is 0 Å². The molecule has 1 unspecified atom stereocenters. The Labute approximate surface area is 177 Å². The summed E-state index contributed by atoms with van der Waals surface area (Å²) in [5, 5.41) is 4.80. The van der Waals surface area contributed by atoms with Crippen molar-refractivity contribution < 1.29 is 4.79 Å². The molecular formula is C25H18N2O2S. The second-order valence-electron chi connectivity index (χ2n) is 7.25. The first-order chi connectivity index (χ1) is 14.6. The number of thiophene rings is 1. The van der Waals surface area contributed by atoms with Crippen LogP contribution in [0, 0.1) is 0 Å². The third-order valence-corrected chi connectivity index (χ3v) is 6.32. The van der Waals surface area contributed by atoms with Crippen LogP contribution < -0.4 is 5.56 Å². The van der Waals surface area contributed by atoms with Crippen LogP contribution >= 0.6 is 11.3 Å². The summed E-state index contributed by atoms with van der Waals surface area (Å²) in [6.45, 7) is 1.74. The maximum atomic E-state index is 13.4. The lowest BCUT2D eigenvalue weighted by molar-refractivity contribution is 0.0932. The van der Waals surface area contributed by atoms with Crippen molar-refractivity contribution in [3.05, 3.63) is 100 Å². The first-order valence-electron chi connectivity index (χ1n) is 9.70. The van der Waals surface area contributed by atoms with Gasteiger partial charge in [0.25, 0.3) is 5.56 Å². The topological polar surface area (TPSA) is 52.0 Å². The number of rotatable bonds is 4. The second kappa shape index (κ2) is 7.35. The lowest BCUT2D eigenvalue weighted by Crippen LogP contribution is -2.28. The van der Waals surface area contributed by atoms with Crippen molar-refractivity contribution in [3.8, 4) is 11.1 Å². The van der Waals surface area contributed by atoms with Crippen LogP contribution in [0.15, 0.2) is 89.3 Å². The zero-order valence-electron chi connectivity index (χ0n) is 16.3. The van der Waals surface area contributed by atoms with E-state index in [4.69, 9.17) is 0 Å². The average molecular weight is 410 g/mol. The maximum Gasteiger partial charge on any atom is 0.263 e. The molecule has 0 aliphatic rings. The lowest BCUT2D eigenvalue weighted by atomic mass is 10.0. The van der Waals surface area contributed by atoms with Gasteiger partial charge in [-0.05, 0) is 29.3 Å². The first-order valence-corrected chi connectivity index (χ1v) is 10.6. The normalized spacial score (nSPS) is 12.3. The standard InChI is InChI=1S/C25H18N2O2S/c1-16(23(28)18-8-3-2-4-9-18)27-15-26-24-22(25(27)29)21(14-30-24)20-12-11-17-7-5-6-10-19(17)13-20/h2-16H,1H3. The molecule has 5 aromatic rings. The molecule has 1 atom stereocenters. The summed E-state index contributed by atoms with van der Waals surface area (Å²) >= 11 is 1.44. The predicted octanol–water partition coefficient (Wildman–Crippen LogP) is 5.72. The summed E-state index contributed by atoms with van der Waals surface area (Å²) < 4.78 is 1.44. The van der Waals surface area contributed by atoms with E-state index in [0.29, 0.717) is 15.8 Å². The molecule has 5 rings (SSSR count). The second-order valence-corrected chi connectivity index (χ2v) is 8.11. The summed E-state index contributed by atoms with van der Waals surface area (Å²) in [6.07, 6.45) is 1.48. The molecule has 0 radical (unpaired) electrons. The quantitative estimate of drug-likeness (QED) is 0.356. The van der Waals surface area contributed by atoms with E-state index in [0.717, 1.165) is 21.9 Å². The van der Waals surface area contributed by atoms with Crippen molar-refractivity contribution in [1.29, 1.82) is 0 Å². The predicted molar refractivity (Wildman–Crippen MR) is 122 cm³/mol. The van der Waals surface area contributed by atoms with Crippen molar-refractivity contribution in [2.45, 2.75) is 13.0 Å². The fourth-order valence-electron chi connectivity index (χ4n) is 3.76. The molecule has 0 N–H and O–H groups in total. The summed E-state index contributed by atoms with van der Waals surface area (Å²) in [5.74, 6) is -0.110. The number of nitrogens with zero attached hydrogens (tertiary/aromatic N) is 2. The van der Waals surface area contributed by atoms with Crippen molar-refractivity contribution in [3.63, 3.8) is 0 Å². The Hall–Kier alpha value is -3.57. The van der Waals surface area contributed by atoms with Crippen LogP contribution in [0.1, 0.15) is 23.3 Å². The van der Waals surface area contributed by atoms with Gasteiger partial charge in [-0.15, -0.1) is 11.3 Å². The Morgan fingerprint density at radius 1 is 0.967 bits per heavy atom. The van der Waals surface area contributed by atoms with Gasteiger partial charge in [-0.2, -0.15) is 0 Å². The molecule has 0 aliphatic carbocycles. The number of ketones is 1. The Morgan fingerprint density at radius 3 is 2.50 bits per heavy atom. The number of carbonyl (C=O) groups excluding carboxylic acids is 1. The van der Waals surface area contributed by atoms with Gasteiger partial charge in [-0.1, -0.05) is 66.7 Å². The Kier molecular flexibility index (Phi) is 4.52. The Morgan fingerprint density at radius 2 is 1.70 bits per heavy atom. The molecule has 3 aromatic carbocycles. The molecule has 2 heterocycles. The van der Waals surface area contributed by atoms with Crippen LogP contribution in [0.3, 0.4) is 0 Å². The smallest absolute Gasteiger partial charge is 0.263 e. The van der Waals surface area contributed by atoms with E-state index in [9.17, 15) is 9.59 Å². The van der Waals surface area contributed by atoms with E-state index < -0.39 is 6.04 Å². The minimum atomic E-state index is -0.638. The van der Waals surface area contributed by atoms with E-state index >= 15 is 0 Å². The highest BCUT2D eigenvalue weighted by molar-refractivity contribution is 7.17. The van der Waals surface area contributed by atoms with E-state index in [-0.39, 0.29) is 11.3 Å². The van der Waals surface area contributed by atoms with Gasteiger partial charge >= 0.3 is 0 Å². The van der Waals surface area contributed by atoms with Crippen LogP contribution in [0.25, 0.3) is 32.1 Å². The van der Waals surface area contributed by atoms with Crippen LogP contribution in [-0.4, -0.2) is 15.3 Å². The van der Waals surface area contributed by atoms with E-state index in [2.05, 4.69) is 29.2 Å². The summed E-state index contributed by atoms with van der Waals surface area (Å²) in [7, 11) is 0. The van der Waals surface area contributed by atoms with E-state index in [1.54, 1.807) is 19.1 Å². The van der Waals surface area contributed by atoms with Crippen molar-refractivity contribution in [2.24, 2.45) is 0 Å². The summed E-state index contributed by atoms with van der Waals surface area (Å²) in [4.78, 5) is 31.4. The largest absolute Gasteiger partial charge is 0.292 e. The van der Waals surface area contributed by atoms with Crippen LogP contribution in [0.2, 0.25) is 0 Å². The zero-order valence-corrected chi connectivity index (χ0v) is 17.1. The number of benzene rings is 3. The first kappa shape index (κ1) is 18.5. The number of hydrogen-bond acceptors (Lipinski definition) is 4. The number of carbonyl (C=O) groups is 1. The van der Waals surface area contributed by atoms with Crippen LogP contribution in [-0.2, 0) is 0 Å².